The van der Waals surface area contributed by atoms with Gasteiger partial charge in [0.05, 0.1) is 12.0 Å². The zero-order valence-electron chi connectivity index (χ0n) is 10.4. The molecule has 2 rings (SSSR count). The van der Waals surface area contributed by atoms with Crippen LogP contribution >= 0.6 is 0 Å². The van der Waals surface area contributed by atoms with Gasteiger partial charge in [0.1, 0.15) is 5.69 Å². The SMILES string of the molecule is COc1ccc(-c2ncc(C)cc2[N+](=O)[O-])cc1F. The van der Waals surface area contributed by atoms with E-state index in [1.54, 1.807) is 6.92 Å². The van der Waals surface area contributed by atoms with E-state index in [4.69, 9.17) is 4.74 Å². The summed E-state index contributed by atoms with van der Waals surface area (Å²) in [5, 5.41) is 11.0. The molecule has 5 nitrogen and oxygen atoms in total. The number of ether oxygens (including phenoxy) is 1. The molecule has 0 N–H and O–H groups in total. The Bertz CT molecular complexity index is 644. The van der Waals surface area contributed by atoms with Crippen molar-refractivity contribution in [2.75, 3.05) is 7.11 Å². The summed E-state index contributed by atoms with van der Waals surface area (Å²) < 4.78 is 18.4. The average Bonchev–Trinajstić information content (AvgIpc) is 2.38. The van der Waals surface area contributed by atoms with Gasteiger partial charge in [-0.25, -0.2) is 9.37 Å². The van der Waals surface area contributed by atoms with Crippen LogP contribution in [0.3, 0.4) is 0 Å². The van der Waals surface area contributed by atoms with Crippen molar-refractivity contribution in [3.05, 3.63) is 52.0 Å². The average molecular weight is 262 g/mol. The topological polar surface area (TPSA) is 65.3 Å². The van der Waals surface area contributed by atoms with Gasteiger partial charge in [0.15, 0.2) is 11.6 Å². The molecule has 1 aromatic heterocycles. The van der Waals surface area contributed by atoms with Crippen molar-refractivity contribution >= 4 is 5.69 Å². The van der Waals surface area contributed by atoms with Crippen LogP contribution < -0.4 is 4.74 Å². The van der Waals surface area contributed by atoms with E-state index in [1.807, 2.05) is 0 Å². The fraction of sp³-hybridized carbons (Fsp3) is 0.154. The second-order valence-corrected chi connectivity index (χ2v) is 3.99. The normalized spacial score (nSPS) is 10.3. The molecule has 0 aliphatic rings. The lowest BCUT2D eigenvalue weighted by Crippen LogP contribution is -1.96. The molecule has 19 heavy (non-hydrogen) atoms. The Balaban J connectivity index is 2.58. The minimum absolute atomic E-state index is 0.0820. The van der Waals surface area contributed by atoms with Crippen molar-refractivity contribution in [1.29, 1.82) is 0 Å². The van der Waals surface area contributed by atoms with Crippen LogP contribution in [0.5, 0.6) is 5.75 Å². The van der Waals surface area contributed by atoms with E-state index >= 15 is 0 Å². The molecule has 0 bridgehead atoms. The molecule has 1 heterocycles. The zero-order valence-corrected chi connectivity index (χ0v) is 10.4. The lowest BCUT2D eigenvalue weighted by Gasteiger charge is -2.06. The highest BCUT2D eigenvalue weighted by molar-refractivity contribution is 5.70. The van der Waals surface area contributed by atoms with Gasteiger partial charge in [-0.05, 0) is 30.7 Å². The van der Waals surface area contributed by atoms with Crippen molar-refractivity contribution in [3.63, 3.8) is 0 Å². The molecule has 0 saturated heterocycles. The number of rotatable bonds is 3. The lowest BCUT2D eigenvalue weighted by molar-refractivity contribution is -0.384. The molecule has 6 heteroatoms. The summed E-state index contributed by atoms with van der Waals surface area (Å²) in [6, 6.07) is 5.52. The van der Waals surface area contributed by atoms with Crippen LogP contribution in [-0.4, -0.2) is 17.0 Å². The summed E-state index contributed by atoms with van der Waals surface area (Å²) >= 11 is 0. The first kappa shape index (κ1) is 12.9. The van der Waals surface area contributed by atoms with Crippen molar-refractivity contribution < 1.29 is 14.1 Å². The number of aryl methyl sites for hydroxylation is 1. The van der Waals surface area contributed by atoms with Crippen LogP contribution in [0, 0.1) is 22.9 Å². The quantitative estimate of drug-likeness (QED) is 0.629. The third kappa shape index (κ3) is 2.52. The zero-order chi connectivity index (χ0) is 14.0. The number of halogens is 1. The first-order valence-electron chi connectivity index (χ1n) is 5.48. The van der Waals surface area contributed by atoms with Crippen LogP contribution in [0.4, 0.5) is 10.1 Å². The summed E-state index contributed by atoms with van der Waals surface area (Å²) in [4.78, 5) is 14.5. The van der Waals surface area contributed by atoms with E-state index in [9.17, 15) is 14.5 Å². The molecular weight excluding hydrogens is 251 g/mol. The molecule has 0 aliphatic carbocycles. The van der Waals surface area contributed by atoms with E-state index in [2.05, 4.69) is 4.98 Å². The Morgan fingerprint density at radius 1 is 1.37 bits per heavy atom. The predicted octanol–water partition coefficient (Wildman–Crippen LogP) is 3.11. The maximum absolute atomic E-state index is 13.6. The largest absolute Gasteiger partial charge is 0.494 e. The second-order valence-electron chi connectivity index (χ2n) is 3.99. The molecule has 0 amide bonds. The van der Waals surface area contributed by atoms with Crippen LogP contribution in [0.15, 0.2) is 30.5 Å². The molecule has 0 atom stereocenters. The van der Waals surface area contributed by atoms with Crippen LogP contribution in [0.1, 0.15) is 5.56 Å². The monoisotopic (exact) mass is 262 g/mol. The number of pyridine rings is 1. The number of benzene rings is 1. The van der Waals surface area contributed by atoms with Crippen molar-refractivity contribution in [3.8, 4) is 17.0 Å². The first-order valence-corrected chi connectivity index (χ1v) is 5.48. The molecule has 0 spiro atoms. The van der Waals surface area contributed by atoms with E-state index in [-0.39, 0.29) is 17.1 Å². The van der Waals surface area contributed by atoms with Crippen molar-refractivity contribution in [2.45, 2.75) is 6.92 Å². The maximum atomic E-state index is 13.6. The highest BCUT2D eigenvalue weighted by Crippen LogP contribution is 2.30. The van der Waals surface area contributed by atoms with Gasteiger partial charge in [0.25, 0.3) is 5.69 Å². The standard InChI is InChI=1S/C13H11FN2O3/c1-8-5-11(16(17)18)13(15-7-8)9-3-4-12(19-2)10(14)6-9/h3-7H,1-2H3. The molecule has 0 radical (unpaired) electrons. The number of hydrogen-bond acceptors (Lipinski definition) is 4. The van der Waals surface area contributed by atoms with Crippen molar-refractivity contribution in [2.24, 2.45) is 0 Å². The maximum Gasteiger partial charge on any atom is 0.295 e. The minimum atomic E-state index is -0.586. The fourth-order valence-electron chi connectivity index (χ4n) is 1.73. The van der Waals surface area contributed by atoms with Gasteiger partial charge in [-0.1, -0.05) is 0 Å². The van der Waals surface area contributed by atoms with Gasteiger partial charge in [-0.2, -0.15) is 0 Å². The smallest absolute Gasteiger partial charge is 0.295 e. The first-order chi connectivity index (χ1) is 9.02. The molecule has 0 aliphatic heterocycles. The van der Waals surface area contributed by atoms with Gasteiger partial charge >= 0.3 is 0 Å². The van der Waals surface area contributed by atoms with Gasteiger partial charge in [-0.3, -0.25) is 10.1 Å². The number of hydrogen-bond donors (Lipinski definition) is 0. The van der Waals surface area contributed by atoms with E-state index in [1.165, 1.54) is 37.6 Å². The summed E-state index contributed by atoms with van der Waals surface area (Å²) in [6.45, 7) is 1.71. The number of nitrogens with zero attached hydrogens (tertiary/aromatic N) is 2. The molecule has 1 aromatic carbocycles. The Hall–Kier alpha value is -2.50. The molecule has 0 saturated carbocycles. The summed E-state index contributed by atoms with van der Waals surface area (Å²) in [5.74, 6) is -0.504. The van der Waals surface area contributed by atoms with E-state index in [0.717, 1.165) is 0 Å². The third-order valence-electron chi connectivity index (χ3n) is 2.63. The summed E-state index contributed by atoms with van der Waals surface area (Å²) in [5.41, 5.74) is 0.996. The van der Waals surface area contributed by atoms with Crippen LogP contribution in [0.25, 0.3) is 11.3 Å². The molecule has 98 valence electrons. The van der Waals surface area contributed by atoms with E-state index < -0.39 is 10.7 Å². The van der Waals surface area contributed by atoms with Gasteiger partial charge in [-0.15, -0.1) is 0 Å². The Kier molecular flexibility index (Phi) is 3.41. The van der Waals surface area contributed by atoms with Gasteiger partial charge in [0.2, 0.25) is 0 Å². The number of methoxy groups -OCH3 is 1. The predicted molar refractivity (Wildman–Crippen MR) is 67.6 cm³/mol. The summed E-state index contributed by atoms with van der Waals surface area (Å²) in [7, 11) is 1.35. The van der Waals surface area contributed by atoms with Crippen molar-refractivity contribution in [1.82, 2.24) is 4.98 Å². The minimum Gasteiger partial charge on any atom is -0.494 e. The van der Waals surface area contributed by atoms with Crippen LogP contribution in [-0.2, 0) is 0 Å². The second kappa shape index (κ2) is 5.01. The highest BCUT2D eigenvalue weighted by Gasteiger charge is 2.18. The number of nitro groups is 1. The Morgan fingerprint density at radius 2 is 2.11 bits per heavy atom. The lowest BCUT2D eigenvalue weighted by atomic mass is 10.1. The molecule has 0 unspecified atom stereocenters. The third-order valence-corrected chi connectivity index (χ3v) is 2.63. The fourth-order valence-corrected chi connectivity index (χ4v) is 1.73. The molecule has 2 aromatic rings. The van der Waals surface area contributed by atoms with E-state index in [0.29, 0.717) is 11.1 Å². The molecular formula is C13H11FN2O3. The number of aromatic nitrogens is 1. The van der Waals surface area contributed by atoms with Gasteiger partial charge < -0.3 is 4.74 Å². The molecule has 0 fully saturated rings. The highest BCUT2D eigenvalue weighted by atomic mass is 19.1. The summed E-state index contributed by atoms with van der Waals surface area (Å²) in [6.07, 6.45) is 1.50. The van der Waals surface area contributed by atoms with Gasteiger partial charge in [0, 0.05) is 17.8 Å². The Morgan fingerprint density at radius 3 is 2.68 bits per heavy atom. The van der Waals surface area contributed by atoms with Crippen LogP contribution in [0.2, 0.25) is 0 Å². The Labute approximate surface area is 108 Å².